The number of cyclic esters (lactones) is 3. The van der Waals surface area contributed by atoms with E-state index in [0.717, 1.165) is 38.3 Å². The van der Waals surface area contributed by atoms with Crippen LogP contribution >= 0.6 is 36.2 Å². The Kier molecular flexibility index (Phi) is 39.9. The SMILES string of the molecule is CC(=O)N[C@H](C)C(=O)ON1C(=O)CCC1=O.CC(=O)N[C@H](C)C(=O)SC(C)C(=O)O.CC(=O)SC(C)C(=O)N1C(=O)OC[C@@H]1Cc1ccccc1.CC(O)C(=O)N1C(=O)OC[C@@H]1Cc1ccccc1.CC(S)C(=O)O.CCC(=O)N1C(=O)OC[C@@H]1Cc1ccccc1.CCC(O)O. The number of rotatable bonds is 19. The number of thiol groups is 1. The van der Waals surface area contributed by atoms with Crippen LogP contribution in [0.25, 0.3) is 0 Å². The van der Waals surface area contributed by atoms with Gasteiger partial charge in [0, 0.05) is 40.0 Å². The molecule has 0 aromatic heterocycles. The summed E-state index contributed by atoms with van der Waals surface area (Å²) in [4.78, 5) is 176. The number of aliphatic carboxylic acids is 2. The number of aliphatic hydroxyl groups excluding tert-OH is 2. The van der Waals surface area contributed by atoms with Gasteiger partial charge in [0.25, 0.3) is 17.7 Å². The predicted octanol–water partition coefficient (Wildman–Crippen LogP) is 4.65. The molecule has 3 aromatic rings. The number of benzene rings is 3. The first-order valence-electron chi connectivity index (χ1n) is 30.2. The number of nitrogens with zero attached hydrogens (tertiary/aromatic N) is 4. The molecule has 9 atom stereocenters. The van der Waals surface area contributed by atoms with Crippen molar-refractivity contribution in [1.82, 2.24) is 30.4 Å². The molecule has 534 valence electrons. The van der Waals surface area contributed by atoms with E-state index in [0.29, 0.717) is 55.5 Å². The predicted molar refractivity (Wildman–Crippen MR) is 354 cm³/mol. The second-order valence-corrected chi connectivity index (χ2v) is 25.0. The number of ether oxygens (including phenoxy) is 3. The molecule has 0 radical (unpaired) electrons. The maximum Gasteiger partial charge on any atom is 0.417 e. The van der Waals surface area contributed by atoms with Gasteiger partial charge in [-0.05, 0) is 83.9 Å². The second kappa shape index (κ2) is 44.9. The van der Waals surface area contributed by atoms with Crippen molar-refractivity contribution in [3.05, 3.63) is 108 Å². The fraction of sp³-hybridized carbons (Fsp3) is 0.484. The van der Waals surface area contributed by atoms with Gasteiger partial charge in [-0.3, -0.25) is 52.7 Å². The van der Waals surface area contributed by atoms with Crippen molar-refractivity contribution in [3.63, 3.8) is 0 Å². The summed E-state index contributed by atoms with van der Waals surface area (Å²) < 4.78 is 14.8. The van der Waals surface area contributed by atoms with E-state index in [2.05, 4.69) is 28.1 Å². The Labute approximate surface area is 575 Å². The highest BCUT2D eigenvalue weighted by Gasteiger charge is 2.42. The Bertz CT molecular complexity index is 3130. The third-order valence-corrected chi connectivity index (χ3v) is 15.3. The Hall–Kier alpha value is -8.76. The summed E-state index contributed by atoms with van der Waals surface area (Å²) in [6.07, 6.45) is -1.58. The van der Waals surface area contributed by atoms with Crippen LogP contribution in [0.2, 0.25) is 0 Å². The molecule has 4 heterocycles. The number of carbonyl (C=O) groups excluding carboxylic acids is 13. The number of hydrogen-bond donors (Lipinski definition) is 8. The van der Waals surface area contributed by atoms with Crippen LogP contribution in [0.1, 0.15) is 119 Å². The minimum absolute atomic E-state index is 0.0423. The van der Waals surface area contributed by atoms with Crippen molar-refractivity contribution >= 4 is 124 Å². The van der Waals surface area contributed by atoms with Crippen molar-refractivity contribution < 1.29 is 116 Å². The van der Waals surface area contributed by atoms with Crippen molar-refractivity contribution in [1.29, 1.82) is 0 Å². The van der Waals surface area contributed by atoms with Crippen LogP contribution in [0.4, 0.5) is 14.4 Å². The smallest absolute Gasteiger partial charge is 0.417 e. The van der Waals surface area contributed by atoms with Crippen molar-refractivity contribution in [2.24, 2.45) is 0 Å². The normalized spacial score (nSPS) is 17.6. The summed E-state index contributed by atoms with van der Waals surface area (Å²) >= 11 is 5.22. The molecule has 7 N–H and O–H groups in total. The number of carbonyl (C=O) groups is 15. The third-order valence-electron chi connectivity index (χ3n) is 13.0. The highest BCUT2D eigenvalue weighted by atomic mass is 32.2. The zero-order valence-corrected chi connectivity index (χ0v) is 58.1. The first-order valence-corrected chi connectivity index (χ1v) is 32.5. The Morgan fingerprint density at radius 1 is 0.546 bits per heavy atom. The maximum absolute atomic E-state index is 12.3. The highest BCUT2D eigenvalue weighted by Crippen LogP contribution is 2.24. The molecule has 4 fully saturated rings. The number of nitrogens with one attached hydrogen (secondary N) is 2. The number of carboxylic acids is 2. The molecule has 33 heteroatoms. The van der Waals surface area contributed by atoms with E-state index < -0.39 is 100 Å². The third kappa shape index (κ3) is 32.7. The van der Waals surface area contributed by atoms with Gasteiger partial charge in [-0.25, -0.2) is 33.9 Å². The molecular weight excluding hydrogens is 1330 g/mol. The number of thioether (sulfide) groups is 2. The molecule has 30 nitrogen and oxygen atoms in total. The van der Waals surface area contributed by atoms with Crippen molar-refractivity contribution in [2.75, 3.05) is 19.8 Å². The van der Waals surface area contributed by atoms with Gasteiger partial charge in [-0.15, -0.1) is 5.06 Å². The van der Waals surface area contributed by atoms with Crippen LogP contribution in [0.15, 0.2) is 91.0 Å². The lowest BCUT2D eigenvalue weighted by Crippen LogP contribution is -2.44. The van der Waals surface area contributed by atoms with Gasteiger partial charge in [0.05, 0.1) is 34.7 Å². The Morgan fingerprint density at radius 3 is 1.22 bits per heavy atom. The van der Waals surface area contributed by atoms with Gasteiger partial charge < -0.3 is 55.2 Å². The van der Waals surface area contributed by atoms with E-state index in [1.165, 1.54) is 60.3 Å². The lowest BCUT2D eigenvalue weighted by molar-refractivity contribution is -0.198. The first-order chi connectivity index (χ1) is 45.5. The molecule has 3 aromatic carbocycles. The monoisotopic (exact) mass is 1420 g/mol. The number of imide groups is 4. The summed E-state index contributed by atoms with van der Waals surface area (Å²) in [7, 11) is 0. The van der Waals surface area contributed by atoms with Gasteiger partial charge in [-0.1, -0.05) is 128 Å². The molecule has 4 saturated heterocycles. The summed E-state index contributed by atoms with van der Waals surface area (Å²) in [5.74, 6) is -5.74. The van der Waals surface area contributed by atoms with Crippen LogP contribution < -0.4 is 10.6 Å². The van der Waals surface area contributed by atoms with Crippen LogP contribution in [-0.2, 0) is 95.8 Å². The number of amides is 10. The van der Waals surface area contributed by atoms with Gasteiger partial charge >= 0.3 is 36.2 Å². The molecule has 4 aliphatic rings. The summed E-state index contributed by atoms with van der Waals surface area (Å²) in [6, 6.07) is 26.6. The minimum atomic E-state index is -1.20. The summed E-state index contributed by atoms with van der Waals surface area (Å²) in [6.45, 7) is 16.9. The molecule has 7 rings (SSSR count). The quantitative estimate of drug-likeness (QED) is 0.0350. The number of hydrogen-bond acceptors (Lipinski definition) is 25. The Balaban J connectivity index is 0.000000586. The molecular formula is C64H86N6O24S3. The molecule has 0 aliphatic carbocycles. The fourth-order valence-corrected chi connectivity index (χ4v) is 9.51. The standard InChI is InChI=1S/C15H17NO4S.C13H15NO4.C13H15NO3.C9H12N2O5.C8H13NO4S.C3H6O2S.C3H8O2/c1-10(21-11(2)17)14(18)16-13(9-20-15(16)19)8-12-6-4-3-5-7-12;1-9(15)12(16)14-11(8-18-13(14)17)7-10-5-3-2-4-6-10;1-2-12(15)14-11(9-17-13(14)16)8-10-6-4-3-5-7-10;1-5(10-6(2)12)9(15)16-11-7(13)3-4-8(11)14;1-4(9-6(3)10)8(13)14-5(2)7(11)12;1-2(6)3(4)5;1-2-3(4)5/h3-7,10,13H,8-9H2,1-2H3;2-6,9,11,15H,7-8H2,1H3;3-7,11H,2,8-9H2,1H3;5H,3-4H2,1-2H3,(H,10,12);4-5H,1-3H3,(H,9,10)(H,11,12);2,6H,1H3,(H,4,5);3-5H,2H2,1H3/t10?,13-;9?,11-;11-;5-;4-,5?;;/m00011../s1. The molecule has 0 saturated carbocycles. The highest BCUT2D eigenvalue weighted by molar-refractivity contribution is 8.15. The lowest BCUT2D eigenvalue weighted by atomic mass is 10.1. The fourth-order valence-electron chi connectivity index (χ4n) is 8.08. The van der Waals surface area contributed by atoms with E-state index in [1.807, 2.05) is 91.0 Å². The van der Waals surface area contributed by atoms with Crippen LogP contribution in [0.3, 0.4) is 0 Å². The summed E-state index contributed by atoms with van der Waals surface area (Å²) in [5.41, 5.74) is 3.15. The van der Waals surface area contributed by atoms with Crippen LogP contribution in [0, 0.1) is 0 Å². The van der Waals surface area contributed by atoms with Gasteiger partial charge in [-0.2, -0.15) is 12.6 Å². The van der Waals surface area contributed by atoms with E-state index in [4.69, 9.17) is 34.6 Å². The zero-order valence-electron chi connectivity index (χ0n) is 55.6. The van der Waals surface area contributed by atoms with Crippen molar-refractivity contribution in [3.8, 4) is 0 Å². The average Bonchev–Trinajstić information content (AvgIpc) is 1.72. The maximum atomic E-state index is 12.3. The van der Waals surface area contributed by atoms with Crippen LogP contribution in [-0.4, -0.2) is 211 Å². The lowest BCUT2D eigenvalue weighted by Gasteiger charge is -2.22. The van der Waals surface area contributed by atoms with E-state index in [9.17, 15) is 77.0 Å². The largest absolute Gasteiger partial charge is 0.480 e. The molecule has 10 amide bonds. The van der Waals surface area contributed by atoms with Crippen molar-refractivity contribution in [2.45, 2.75) is 179 Å². The average molecular weight is 1420 g/mol. The minimum Gasteiger partial charge on any atom is -0.480 e. The summed E-state index contributed by atoms with van der Waals surface area (Å²) in [5, 5.41) is 44.3. The van der Waals surface area contributed by atoms with E-state index in [-0.39, 0.29) is 72.1 Å². The number of carboxylic acid groups (broad SMARTS) is 2. The van der Waals surface area contributed by atoms with Gasteiger partial charge in [0.15, 0.2) is 11.4 Å². The number of hydroxylamine groups is 2. The topological polar surface area (TPSA) is 431 Å². The van der Waals surface area contributed by atoms with E-state index in [1.54, 1.807) is 20.8 Å². The van der Waals surface area contributed by atoms with Crippen LogP contribution in [0.5, 0.6) is 0 Å². The molecule has 97 heavy (non-hydrogen) atoms. The zero-order chi connectivity index (χ0) is 73.8. The van der Waals surface area contributed by atoms with E-state index >= 15 is 0 Å². The number of aliphatic hydroxyl groups is 3. The Morgan fingerprint density at radius 2 is 0.897 bits per heavy atom. The first kappa shape index (κ1) is 86.3. The molecule has 0 bridgehead atoms. The van der Waals surface area contributed by atoms with Gasteiger partial charge in [0.1, 0.15) is 37.2 Å². The molecule has 0 spiro atoms. The van der Waals surface area contributed by atoms with Gasteiger partial charge in [0.2, 0.25) is 28.7 Å². The second-order valence-electron chi connectivity index (χ2n) is 21.4. The molecule has 4 unspecified atom stereocenters. The molecule has 4 aliphatic heterocycles.